The van der Waals surface area contributed by atoms with Crippen LogP contribution in [0.2, 0.25) is 0 Å². The first-order valence-corrected chi connectivity index (χ1v) is 6.89. The van der Waals surface area contributed by atoms with Crippen molar-refractivity contribution in [2.45, 2.75) is 32.9 Å². The lowest BCUT2D eigenvalue weighted by molar-refractivity contribution is 0.555. The van der Waals surface area contributed by atoms with Gasteiger partial charge >= 0.3 is 0 Å². The topological polar surface area (TPSA) is 84.9 Å². The first kappa shape index (κ1) is 12.9. The Morgan fingerprint density at radius 1 is 1.35 bits per heavy atom. The first-order chi connectivity index (χ1) is 9.80. The molecule has 2 aromatic rings. The van der Waals surface area contributed by atoms with Crippen molar-refractivity contribution in [1.29, 1.82) is 0 Å². The van der Waals surface area contributed by atoms with Crippen LogP contribution in [0.1, 0.15) is 25.0 Å². The molecule has 0 saturated heterocycles. The number of nitrogens with one attached hydrogen (secondary N) is 1. The number of anilines is 2. The summed E-state index contributed by atoms with van der Waals surface area (Å²) in [7, 11) is 0. The van der Waals surface area contributed by atoms with E-state index in [0.717, 1.165) is 49.9 Å². The van der Waals surface area contributed by atoms with Gasteiger partial charge in [-0.05, 0) is 6.42 Å². The lowest BCUT2D eigenvalue weighted by atomic mass is 10.3. The molecule has 3 heterocycles. The fourth-order valence-electron chi connectivity index (χ4n) is 2.42. The number of nitrogens with two attached hydrogens (primary N) is 1. The Bertz CT molecular complexity index is 592. The average Bonchev–Trinajstić information content (AvgIpc) is 2.94. The number of aryl methyl sites for hydroxylation is 1. The van der Waals surface area contributed by atoms with Crippen LogP contribution in [0.3, 0.4) is 0 Å². The van der Waals surface area contributed by atoms with E-state index in [9.17, 15) is 0 Å². The number of nitrogen functional groups attached to an aromatic ring is 1. The van der Waals surface area contributed by atoms with Crippen LogP contribution in [0, 0.1) is 0 Å². The molecule has 2 aromatic heterocycles. The molecule has 0 amide bonds. The summed E-state index contributed by atoms with van der Waals surface area (Å²) in [5, 5.41) is 0. The van der Waals surface area contributed by atoms with Crippen LogP contribution in [0.4, 0.5) is 11.6 Å². The molecule has 0 fully saturated rings. The molecule has 7 heteroatoms. The van der Waals surface area contributed by atoms with Gasteiger partial charge in [-0.1, -0.05) is 6.92 Å². The van der Waals surface area contributed by atoms with Gasteiger partial charge in [-0.2, -0.15) is 0 Å². The van der Waals surface area contributed by atoms with Crippen LogP contribution in [-0.4, -0.2) is 26.1 Å². The maximum Gasteiger partial charge on any atom is 0.145 e. The van der Waals surface area contributed by atoms with Crippen molar-refractivity contribution in [3.63, 3.8) is 0 Å². The Hall–Kier alpha value is -2.15. The summed E-state index contributed by atoms with van der Waals surface area (Å²) in [6, 6.07) is 1.89. The summed E-state index contributed by atoms with van der Waals surface area (Å²) < 4.78 is 2.17. The van der Waals surface area contributed by atoms with E-state index in [-0.39, 0.29) is 0 Å². The molecule has 106 valence electrons. The number of hydrogen-bond donors (Lipinski definition) is 2. The van der Waals surface area contributed by atoms with Crippen LogP contribution in [-0.2, 0) is 19.5 Å². The average molecular weight is 273 g/mol. The zero-order valence-corrected chi connectivity index (χ0v) is 11.6. The number of aromatic nitrogens is 4. The van der Waals surface area contributed by atoms with Crippen LogP contribution >= 0.6 is 0 Å². The molecular weight excluding hydrogens is 254 g/mol. The number of fused-ring (bicyclic) bond motifs is 1. The predicted octanol–water partition coefficient (Wildman–Crippen LogP) is 0.931. The molecular formula is C13H19N7. The van der Waals surface area contributed by atoms with E-state index in [1.54, 1.807) is 0 Å². The van der Waals surface area contributed by atoms with Crippen LogP contribution in [0.15, 0.2) is 18.5 Å². The molecule has 1 aliphatic rings. The summed E-state index contributed by atoms with van der Waals surface area (Å²) in [5.41, 5.74) is 2.62. The lowest BCUT2D eigenvalue weighted by Crippen LogP contribution is -2.34. The number of imidazole rings is 1. The second kappa shape index (κ2) is 5.46. The molecule has 0 saturated carbocycles. The molecule has 20 heavy (non-hydrogen) atoms. The summed E-state index contributed by atoms with van der Waals surface area (Å²) in [4.78, 5) is 15.6. The fourth-order valence-corrected chi connectivity index (χ4v) is 2.42. The normalized spacial score (nSPS) is 14.2. The Morgan fingerprint density at radius 3 is 3.05 bits per heavy atom. The second-order valence-electron chi connectivity index (χ2n) is 4.88. The van der Waals surface area contributed by atoms with Gasteiger partial charge < -0.3 is 14.9 Å². The molecule has 3 rings (SSSR count). The Labute approximate surface area is 117 Å². The zero-order chi connectivity index (χ0) is 13.9. The number of rotatable bonds is 4. The van der Waals surface area contributed by atoms with Gasteiger partial charge in [0.05, 0.1) is 6.54 Å². The molecule has 0 unspecified atom stereocenters. The highest BCUT2D eigenvalue weighted by atomic mass is 15.3. The highest BCUT2D eigenvalue weighted by molar-refractivity contribution is 5.49. The summed E-state index contributed by atoms with van der Waals surface area (Å²) in [6.07, 6.45) is 5.72. The third-order valence-corrected chi connectivity index (χ3v) is 3.45. The van der Waals surface area contributed by atoms with Gasteiger partial charge in [-0.3, -0.25) is 0 Å². The van der Waals surface area contributed by atoms with Gasteiger partial charge in [0, 0.05) is 38.0 Å². The van der Waals surface area contributed by atoms with Gasteiger partial charge in [0.15, 0.2) is 0 Å². The zero-order valence-electron chi connectivity index (χ0n) is 11.6. The quantitative estimate of drug-likeness (QED) is 0.637. The molecule has 0 bridgehead atoms. The van der Waals surface area contributed by atoms with Crippen molar-refractivity contribution in [3.8, 4) is 0 Å². The van der Waals surface area contributed by atoms with Gasteiger partial charge in [-0.25, -0.2) is 20.8 Å². The van der Waals surface area contributed by atoms with Crippen molar-refractivity contribution in [1.82, 2.24) is 19.5 Å². The summed E-state index contributed by atoms with van der Waals surface area (Å²) in [5.74, 6) is 8.96. The van der Waals surface area contributed by atoms with Crippen molar-refractivity contribution >= 4 is 11.6 Å². The van der Waals surface area contributed by atoms with Crippen molar-refractivity contribution in [2.75, 3.05) is 16.9 Å². The fraction of sp³-hybridized carbons (Fsp3) is 0.462. The maximum atomic E-state index is 5.50. The van der Waals surface area contributed by atoms with E-state index in [1.807, 2.05) is 18.5 Å². The molecule has 7 nitrogen and oxygen atoms in total. The highest BCUT2D eigenvalue weighted by Crippen LogP contribution is 2.21. The lowest BCUT2D eigenvalue weighted by Gasteiger charge is -2.29. The molecule has 3 N–H and O–H groups in total. The monoisotopic (exact) mass is 273 g/mol. The van der Waals surface area contributed by atoms with E-state index in [1.165, 1.54) is 0 Å². The van der Waals surface area contributed by atoms with E-state index in [0.29, 0.717) is 5.82 Å². The summed E-state index contributed by atoms with van der Waals surface area (Å²) >= 11 is 0. The molecule has 0 spiro atoms. The Morgan fingerprint density at radius 2 is 2.25 bits per heavy atom. The molecule has 0 aliphatic carbocycles. The van der Waals surface area contributed by atoms with Gasteiger partial charge in [0.1, 0.15) is 23.3 Å². The smallest absolute Gasteiger partial charge is 0.145 e. The van der Waals surface area contributed by atoms with Crippen molar-refractivity contribution < 1.29 is 0 Å². The molecule has 1 aliphatic heterocycles. The van der Waals surface area contributed by atoms with E-state index in [2.05, 4.69) is 36.8 Å². The van der Waals surface area contributed by atoms with E-state index >= 15 is 0 Å². The summed E-state index contributed by atoms with van der Waals surface area (Å²) in [6.45, 7) is 4.71. The minimum atomic E-state index is 0.660. The van der Waals surface area contributed by atoms with Crippen LogP contribution in [0.25, 0.3) is 0 Å². The highest BCUT2D eigenvalue weighted by Gasteiger charge is 2.19. The predicted molar refractivity (Wildman–Crippen MR) is 77.1 cm³/mol. The molecule has 0 aromatic carbocycles. The largest absolute Gasteiger partial charge is 0.347 e. The van der Waals surface area contributed by atoms with E-state index < -0.39 is 0 Å². The number of hydrogen-bond acceptors (Lipinski definition) is 6. The Kier molecular flexibility index (Phi) is 3.51. The van der Waals surface area contributed by atoms with Crippen molar-refractivity contribution in [3.05, 3.63) is 30.1 Å². The standard InChI is InChI=1S/C13H19N7/c1-2-3-10-16-11(18-14)8-12(17-10)20-7-6-19-5-4-15-13(19)9-20/h4-5,8H,2-3,6-7,9,14H2,1H3,(H,16,17,18). The minimum Gasteiger partial charge on any atom is -0.347 e. The number of hydrazine groups is 1. The van der Waals surface area contributed by atoms with Gasteiger partial charge in [0.25, 0.3) is 0 Å². The third-order valence-electron chi connectivity index (χ3n) is 3.45. The van der Waals surface area contributed by atoms with Crippen LogP contribution in [0.5, 0.6) is 0 Å². The SMILES string of the molecule is CCCc1nc(NN)cc(N2CCn3ccnc3C2)n1. The molecule has 0 atom stereocenters. The van der Waals surface area contributed by atoms with E-state index in [4.69, 9.17) is 5.84 Å². The number of nitrogens with zero attached hydrogens (tertiary/aromatic N) is 5. The van der Waals surface area contributed by atoms with Crippen LogP contribution < -0.4 is 16.2 Å². The third kappa shape index (κ3) is 2.44. The minimum absolute atomic E-state index is 0.660. The van der Waals surface area contributed by atoms with Gasteiger partial charge in [0.2, 0.25) is 0 Å². The first-order valence-electron chi connectivity index (χ1n) is 6.89. The Balaban J connectivity index is 1.88. The van der Waals surface area contributed by atoms with Crippen molar-refractivity contribution in [2.24, 2.45) is 5.84 Å². The maximum absolute atomic E-state index is 5.50. The second-order valence-corrected chi connectivity index (χ2v) is 4.88. The van der Waals surface area contributed by atoms with Gasteiger partial charge in [-0.15, -0.1) is 0 Å². The molecule has 0 radical (unpaired) electrons.